The minimum Gasteiger partial charge on any atom is -0.497 e. The number of aryl methyl sites for hydroxylation is 1. The molecule has 0 atom stereocenters. The Morgan fingerprint density at radius 1 is 1.08 bits per heavy atom. The fourth-order valence-corrected chi connectivity index (χ4v) is 3.07. The van der Waals surface area contributed by atoms with Crippen LogP contribution in [0.15, 0.2) is 52.4 Å². The number of methoxy groups -OCH3 is 2. The molecule has 25 heavy (non-hydrogen) atoms. The number of aliphatic imine (C=N–C) groups is 1. The molecule has 1 saturated heterocycles. The first kappa shape index (κ1) is 17.1. The van der Waals surface area contributed by atoms with Crippen molar-refractivity contribution in [1.29, 1.82) is 0 Å². The zero-order valence-corrected chi connectivity index (χ0v) is 15.0. The van der Waals surface area contributed by atoms with E-state index >= 15 is 0 Å². The molecule has 3 rings (SSSR count). The summed E-state index contributed by atoms with van der Waals surface area (Å²) < 4.78 is 10.6. The summed E-state index contributed by atoms with van der Waals surface area (Å²) in [6.07, 6.45) is 1.88. The smallest absolute Gasteiger partial charge is 0.289 e. The first-order valence-electron chi connectivity index (χ1n) is 7.67. The number of benzene rings is 2. The van der Waals surface area contributed by atoms with E-state index < -0.39 is 0 Å². The number of rotatable bonds is 4. The van der Waals surface area contributed by atoms with Gasteiger partial charge in [-0.1, -0.05) is 17.7 Å². The van der Waals surface area contributed by atoms with Crippen LogP contribution in [0.3, 0.4) is 0 Å². The first-order valence-corrected chi connectivity index (χ1v) is 8.49. The van der Waals surface area contributed by atoms with Crippen LogP contribution in [0.1, 0.15) is 11.1 Å². The number of nitrogens with one attached hydrogen (secondary N) is 1. The Labute approximate surface area is 150 Å². The van der Waals surface area contributed by atoms with Gasteiger partial charge >= 0.3 is 0 Å². The van der Waals surface area contributed by atoms with Crippen LogP contribution in [0.2, 0.25) is 0 Å². The van der Waals surface area contributed by atoms with E-state index in [4.69, 9.17) is 9.47 Å². The highest BCUT2D eigenvalue weighted by molar-refractivity contribution is 8.18. The van der Waals surface area contributed by atoms with Crippen molar-refractivity contribution in [3.63, 3.8) is 0 Å². The number of nitrogens with zero attached hydrogens (tertiary/aromatic N) is 1. The predicted molar refractivity (Wildman–Crippen MR) is 102 cm³/mol. The molecule has 5 nitrogen and oxygen atoms in total. The molecule has 1 aliphatic heterocycles. The number of thioether (sulfide) groups is 1. The number of amides is 1. The van der Waals surface area contributed by atoms with E-state index in [1.165, 1.54) is 0 Å². The van der Waals surface area contributed by atoms with E-state index in [9.17, 15) is 4.79 Å². The van der Waals surface area contributed by atoms with Crippen LogP contribution in [-0.4, -0.2) is 25.3 Å². The summed E-state index contributed by atoms with van der Waals surface area (Å²) in [4.78, 5) is 17.1. The van der Waals surface area contributed by atoms with Crippen LogP contribution < -0.4 is 14.8 Å². The maximum Gasteiger partial charge on any atom is 0.289 e. The van der Waals surface area contributed by atoms with E-state index in [0.717, 1.165) is 33.5 Å². The lowest BCUT2D eigenvalue weighted by Gasteiger charge is -2.08. The van der Waals surface area contributed by atoms with Gasteiger partial charge < -0.3 is 14.8 Å². The number of carbonyl (C=O) groups is 1. The fourth-order valence-electron chi connectivity index (χ4n) is 2.34. The SMILES string of the molecule is COc1ccc(/C=C2\SC(=O)NC2=Nc2ccc(C)cc2)c(OC)c1. The van der Waals surface area contributed by atoms with Crippen molar-refractivity contribution >= 4 is 34.6 Å². The van der Waals surface area contributed by atoms with Crippen LogP contribution in [0.25, 0.3) is 6.08 Å². The third kappa shape index (κ3) is 4.03. The Morgan fingerprint density at radius 2 is 1.84 bits per heavy atom. The first-order chi connectivity index (χ1) is 12.1. The number of hydrogen-bond donors (Lipinski definition) is 1. The van der Waals surface area contributed by atoms with Gasteiger partial charge in [0.05, 0.1) is 24.8 Å². The van der Waals surface area contributed by atoms with Gasteiger partial charge in [-0.05, 0) is 49.0 Å². The lowest BCUT2D eigenvalue weighted by atomic mass is 10.1. The topological polar surface area (TPSA) is 59.9 Å². The van der Waals surface area contributed by atoms with Gasteiger partial charge in [-0.15, -0.1) is 0 Å². The van der Waals surface area contributed by atoms with Crippen molar-refractivity contribution in [1.82, 2.24) is 5.32 Å². The van der Waals surface area contributed by atoms with Gasteiger partial charge in [-0.25, -0.2) is 4.99 Å². The molecule has 0 saturated carbocycles. The Morgan fingerprint density at radius 3 is 2.52 bits per heavy atom. The standard InChI is InChI=1S/C19H18N2O3S/c1-12-4-7-14(8-5-12)20-18-17(25-19(22)21-18)10-13-6-9-15(23-2)11-16(13)24-3/h4-11H,1-3H3,(H,20,21,22)/b17-10-. The van der Waals surface area contributed by atoms with Crippen molar-refractivity contribution in [2.75, 3.05) is 14.2 Å². The molecule has 2 aromatic carbocycles. The quantitative estimate of drug-likeness (QED) is 0.876. The molecule has 128 valence electrons. The lowest BCUT2D eigenvalue weighted by Crippen LogP contribution is -2.18. The third-order valence-corrected chi connectivity index (χ3v) is 4.48. The normalized spacial score (nSPS) is 17.0. The maximum atomic E-state index is 11.8. The second-order valence-electron chi connectivity index (χ2n) is 5.43. The molecule has 0 spiro atoms. The largest absolute Gasteiger partial charge is 0.497 e. The molecular formula is C19H18N2O3S. The Hall–Kier alpha value is -2.73. The van der Waals surface area contributed by atoms with Crippen LogP contribution in [0.5, 0.6) is 11.5 Å². The van der Waals surface area contributed by atoms with E-state index in [1.54, 1.807) is 20.3 Å². The molecule has 0 aliphatic carbocycles. The highest BCUT2D eigenvalue weighted by Gasteiger charge is 2.24. The van der Waals surface area contributed by atoms with Crippen LogP contribution in [0, 0.1) is 6.92 Å². The highest BCUT2D eigenvalue weighted by Crippen LogP contribution is 2.32. The van der Waals surface area contributed by atoms with E-state index in [0.29, 0.717) is 17.3 Å². The van der Waals surface area contributed by atoms with Crippen LogP contribution in [0.4, 0.5) is 10.5 Å². The second-order valence-corrected chi connectivity index (χ2v) is 6.44. The van der Waals surface area contributed by atoms with Crippen molar-refractivity contribution in [2.45, 2.75) is 6.92 Å². The van der Waals surface area contributed by atoms with Crippen molar-refractivity contribution < 1.29 is 14.3 Å². The zero-order chi connectivity index (χ0) is 17.8. The molecule has 1 aliphatic rings. The van der Waals surface area contributed by atoms with Crippen molar-refractivity contribution in [2.24, 2.45) is 4.99 Å². The monoisotopic (exact) mass is 354 g/mol. The Kier molecular flexibility index (Phi) is 5.09. The molecule has 0 unspecified atom stereocenters. The maximum absolute atomic E-state index is 11.8. The summed E-state index contributed by atoms with van der Waals surface area (Å²) in [5.41, 5.74) is 2.79. The van der Waals surface area contributed by atoms with E-state index in [2.05, 4.69) is 10.3 Å². The zero-order valence-electron chi connectivity index (χ0n) is 14.2. The molecule has 1 heterocycles. The molecular weight excluding hydrogens is 336 g/mol. The summed E-state index contributed by atoms with van der Waals surface area (Å²) in [7, 11) is 3.21. The van der Waals surface area contributed by atoms with Gasteiger partial charge in [0.25, 0.3) is 5.24 Å². The predicted octanol–water partition coefficient (Wildman–Crippen LogP) is 4.54. The lowest BCUT2D eigenvalue weighted by molar-refractivity contribution is 0.265. The average Bonchev–Trinajstić information content (AvgIpc) is 2.96. The number of carbonyl (C=O) groups excluding carboxylic acids is 1. The molecule has 0 bridgehead atoms. The highest BCUT2D eigenvalue weighted by atomic mass is 32.2. The molecule has 1 amide bonds. The summed E-state index contributed by atoms with van der Waals surface area (Å²) in [5.74, 6) is 1.92. The summed E-state index contributed by atoms with van der Waals surface area (Å²) in [6, 6.07) is 13.3. The van der Waals surface area contributed by atoms with Gasteiger partial charge in [-0.3, -0.25) is 4.79 Å². The summed E-state index contributed by atoms with van der Waals surface area (Å²) >= 11 is 1.11. The van der Waals surface area contributed by atoms with Gasteiger partial charge in [0, 0.05) is 11.6 Å². The summed E-state index contributed by atoms with van der Waals surface area (Å²) in [6.45, 7) is 2.02. The third-order valence-electron chi connectivity index (χ3n) is 3.66. The van der Waals surface area contributed by atoms with E-state index in [-0.39, 0.29) is 5.24 Å². The fraction of sp³-hybridized carbons (Fsp3) is 0.158. The van der Waals surface area contributed by atoms with Crippen molar-refractivity contribution in [3.8, 4) is 11.5 Å². The van der Waals surface area contributed by atoms with E-state index in [1.807, 2.05) is 49.4 Å². The molecule has 2 aromatic rings. The minimum absolute atomic E-state index is 0.149. The molecule has 1 N–H and O–H groups in total. The Bertz CT molecular complexity index is 857. The van der Waals surface area contributed by atoms with Crippen molar-refractivity contribution in [3.05, 3.63) is 58.5 Å². The molecule has 0 aromatic heterocycles. The average molecular weight is 354 g/mol. The Balaban J connectivity index is 1.98. The van der Waals surface area contributed by atoms with Crippen LogP contribution >= 0.6 is 11.8 Å². The van der Waals surface area contributed by atoms with Gasteiger partial charge in [0.15, 0.2) is 0 Å². The molecule has 1 fully saturated rings. The second kappa shape index (κ2) is 7.44. The summed E-state index contributed by atoms with van der Waals surface area (Å²) in [5, 5.41) is 2.64. The number of hydrogen-bond acceptors (Lipinski definition) is 5. The molecule has 0 radical (unpaired) electrons. The van der Waals surface area contributed by atoms with Gasteiger partial charge in [-0.2, -0.15) is 0 Å². The molecule has 6 heteroatoms. The number of amidine groups is 1. The minimum atomic E-state index is -0.149. The van der Waals surface area contributed by atoms with Gasteiger partial charge in [0.2, 0.25) is 0 Å². The van der Waals surface area contributed by atoms with Crippen LogP contribution in [-0.2, 0) is 0 Å². The van der Waals surface area contributed by atoms with Gasteiger partial charge in [0.1, 0.15) is 17.3 Å². The number of ether oxygens (including phenoxy) is 2.